The summed E-state index contributed by atoms with van der Waals surface area (Å²) in [6, 6.07) is 11.1. The first kappa shape index (κ1) is 21.5. The summed E-state index contributed by atoms with van der Waals surface area (Å²) in [5.41, 5.74) is 3.19. The van der Waals surface area contributed by atoms with E-state index < -0.39 is 5.82 Å². The number of hydrogen-bond donors (Lipinski definition) is 2. The summed E-state index contributed by atoms with van der Waals surface area (Å²) in [5.74, 6) is -0.139. The van der Waals surface area contributed by atoms with Crippen LogP contribution in [0.3, 0.4) is 0 Å². The molecule has 156 valence electrons. The van der Waals surface area contributed by atoms with Crippen LogP contribution >= 0.6 is 11.8 Å². The zero-order valence-corrected chi connectivity index (χ0v) is 17.7. The summed E-state index contributed by atoms with van der Waals surface area (Å²) in [6.45, 7) is 4.06. The molecule has 0 bridgehead atoms. The molecule has 0 aliphatic rings. The fraction of sp³-hybridized carbons (Fsp3) is 0.238. The topological polar surface area (TPSA) is 88.9 Å². The number of rotatable bonds is 7. The fourth-order valence-corrected chi connectivity index (χ4v) is 3.53. The molecule has 2 N–H and O–H groups in total. The molecular weight excluding hydrogens is 405 g/mol. The lowest BCUT2D eigenvalue weighted by Crippen LogP contribution is -2.24. The number of aryl methyl sites for hydroxylation is 2. The molecule has 0 aliphatic heterocycles. The second-order valence-corrected chi connectivity index (χ2v) is 7.69. The molecule has 30 heavy (non-hydrogen) atoms. The van der Waals surface area contributed by atoms with E-state index in [9.17, 15) is 14.0 Å². The average Bonchev–Trinajstić information content (AvgIpc) is 3.07. The highest BCUT2D eigenvalue weighted by molar-refractivity contribution is 7.99. The minimum absolute atomic E-state index is 0.133. The van der Waals surface area contributed by atoms with Crippen molar-refractivity contribution in [2.24, 2.45) is 7.05 Å². The van der Waals surface area contributed by atoms with Crippen molar-refractivity contribution in [3.63, 3.8) is 0 Å². The molecule has 0 radical (unpaired) electrons. The number of anilines is 1. The van der Waals surface area contributed by atoms with Crippen molar-refractivity contribution in [1.29, 1.82) is 0 Å². The molecule has 0 spiro atoms. The van der Waals surface area contributed by atoms with Gasteiger partial charge in [-0.1, -0.05) is 30.0 Å². The minimum atomic E-state index is -0.400. The number of carbonyl (C=O) groups excluding carboxylic acids is 2. The Morgan fingerprint density at radius 1 is 1.07 bits per heavy atom. The smallest absolute Gasteiger partial charge is 0.251 e. The minimum Gasteiger partial charge on any atom is -0.345 e. The zero-order chi connectivity index (χ0) is 21.7. The Kier molecular flexibility index (Phi) is 6.83. The summed E-state index contributed by atoms with van der Waals surface area (Å²) in [5, 5.41) is 14.4. The molecule has 2 amide bonds. The van der Waals surface area contributed by atoms with Crippen LogP contribution in [0.25, 0.3) is 0 Å². The summed E-state index contributed by atoms with van der Waals surface area (Å²) in [4.78, 5) is 24.5. The first-order chi connectivity index (χ1) is 14.3. The van der Waals surface area contributed by atoms with Gasteiger partial charge in [-0.2, -0.15) is 0 Å². The molecular formula is C21H22FN5O2S. The van der Waals surface area contributed by atoms with E-state index >= 15 is 0 Å². The number of para-hydroxylation sites is 1. The number of hydrogen-bond acceptors (Lipinski definition) is 5. The Morgan fingerprint density at radius 2 is 1.73 bits per heavy atom. The third kappa shape index (κ3) is 5.24. The highest BCUT2D eigenvalue weighted by atomic mass is 32.2. The van der Waals surface area contributed by atoms with Crippen molar-refractivity contribution in [3.05, 3.63) is 70.8 Å². The van der Waals surface area contributed by atoms with Gasteiger partial charge in [0, 0.05) is 18.3 Å². The van der Waals surface area contributed by atoms with Gasteiger partial charge in [0.1, 0.15) is 5.82 Å². The highest BCUT2D eigenvalue weighted by Crippen LogP contribution is 2.21. The van der Waals surface area contributed by atoms with Gasteiger partial charge in [0.15, 0.2) is 11.0 Å². The monoisotopic (exact) mass is 427 g/mol. The standard InChI is InChI=1S/C21H22FN5O2S/c1-13-5-4-6-14(2)19(13)24-18(28)12-30-21-26-25-17(27(21)3)11-23-20(29)15-7-9-16(22)10-8-15/h4-10H,11-12H2,1-3H3,(H,23,29)(H,24,28). The van der Waals surface area contributed by atoms with Crippen LogP contribution in [0.2, 0.25) is 0 Å². The lowest BCUT2D eigenvalue weighted by atomic mass is 10.1. The molecule has 1 aromatic heterocycles. The molecule has 0 saturated carbocycles. The lowest BCUT2D eigenvalue weighted by Gasteiger charge is -2.11. The Hall–Kier alpha value is -3.20. The first-order valence-corrected chi connectivity index (χ1v) is 10.2. The van der Waals surface area contributed by atoms with E-state index in [4.69, 9.17) is 0 Å². The van der Waals surface area contributed by atoms with Crippen LogP contribution in [0, 0.1) is 19.7 Å². The summed E-state index contributed by atoms with van der Waals surface area (Å²) in [6.07, 6.45) is 0. The third-order valence-electron chi connectivity index (χ3n) is 4.52. The van der Waals surface area contributed by atoms with Gasteiger partial charge in [0.25, 0.3) is 5.91 Å². The Morgan fingerprint density at radius 3 is 2.40 bits per heavy atom. The Balaban J connectivity index is 1.54. The molecule has 0 aliphatic carbocycles. The molecule has 0 atom stereocenters. The molecule has 7 nitrogen and oxygen atoms in total. The van der Waals surface area contributed by atoms with E-state index in [0.29, 0.717) is 16.5 Å². The molecule has 0 unspecified atom stereocenters. The van der Waals surface area contributed by atoms with Gasteiger partial charge >= 0.3 is 0 Å². The van der Waals surface area contributed by atoms with Crippen molar-refractivity contribution in [2.45, 2.75) is 25.5 Å². The number of thioether (sulfide) groups is 1. The predicted octanol–water partition coefficient (Wildman–Crippen LogP) is 3.23. The van der Waals surface area contributed by atoms with E-state index in [1.165, 1.54) is 36.0 Å². The quantitative estimate of drug-likeness (QED) is 0.565. The molecule has 2 aromatic carbocycles. The average molecular weight is 428 g/mol. The van der Waals surface area contributed by atoms with Gasteiger partial charge in [0.2, 0.25) is 5.91 Å². The van der Waals surface area contributed by atoms with Crippen molar-refractivity contribution >= 4 is 29.3 Å². The summed E-state index contributed by atoms with van der Waals surface area (Å²) >= 11 is 1.26. The van der Waals surface area contributed by atoms with Crippen LogP contribution in [-0.4, -0.2) is 32.3 Å². The van der Waals surface area contributed by atoms with Crippen LogP contribution in [0.5, 0.6) is 0 Å². The second kappa shape index (κ2) is 9.53. The number of aromatic nitrogens is 3. The fourth-order valence-electron chi connectivity index (χ4n) is 2.80. The van der Waals surface area contributed by atoms with Crippen LogP contribution in [0.4, 0.5) is 10.1 Å². The van der Waals surface area contributed by atoms with E-state index in [2.05, 4.69) is 20.8 Å². The van der Waals surface area contributed by atoms with Crippen molar-refractivity contribution < 1.29 is 14.0 Å². The highest BCUT2D eigenvalue weighted by Gasteiger charge is 2.14. The second-order valence-electron chi connectivity index (χ2n) is 6.75. The van der Waals surface area contributed by atoms with E-state index in [1.54, 1.807) is 11.6 Å². The van der Waals surface area contributed by atoms with Crippen molar-refractivity contribution in [3.8, 4) is 0 Å². The molecule has 3 aromatic rings. The van der Waals surface area contributed by atoms with Crippen LogP contribution in [0.1, 0.15) is 27.3 Å². The Labute approximate surface area is 178 Å². The SMILES string of the molecule is Cc1cccc(C)c1NC(=O)CSc1nnc(CNC(=O)c2ccc(F)cc2)n1C. The van der Waals surface area contributed by atoms with Crippen molar-refractivity contribution in [1.82, 2.24) is 20.1 Å². The van der Waals surface area contributed by atoms with Crippen LogP contribution in [-0.2, 0) is 18.4 Å². The maximum Gasteiger partial charge on any atom is 0.251 e. The van der Waals surface area contributed by atoms with Gasteiger partial charge in [-0.05, 0) is 49.2 Å². The van der Waals surface area contributed by atoms with Crippen LogP contribution in [0.15, 0.2) is 47.6 Å². The van der Waals surface area contributed by atoms with Gasteiger partial charge in [-0.3, -0.25) is 9.59 Å². The summed E-state index contributed by atoms with van der Waals surface area (Å²) < 4.78 is 14.7. The van der Waals surface area contributed by atoms with Gasteiger partial charge in [-0.15, -0.1) is 10.2 Å². The molecule has 0 fully saturated rings. The zero-order valence-electron chi connectivity index (χ0n) is 16.9. The largest absolute Gasteiger partial charge is 0.345 e. The number of halogens is 1. The normalized spacial score (nSPS) is 10.7. The van der Waals surface area contributed by atoms with Gasteiger partial charge in [-0.25, -0.2) is 4.39 Å². The lowest BCUT2D eigenvalue weighted by molar-refractivity contribution is -0.113. The Bertz CT molecular complexity index is 1050. The number of nitrogens with one attached hydrogen (secondary N) is 2. The van der Waals surface area contributed by atoms with Gasteiger partial charge in [0.05, 0.1) is 12.3 Å². The number of amides is 2. The van der Waals surface area contributed by atoms with Crippen LogP contribution < -0.4 is 10.6 Å². The third-order valence-corrected chi connectivity index (χ3v) is 5.54. The predicted molar refractivity (Wildman–Crippen MR) is 114 cm³/mol. The molecule has 9 heteroatoms. The van der Waals surface area contributed by atoms with E-state index in [0.717, 1.165) is 16.8 Å². The molecule has 0 saturated heterocycles. The van der Waals surface area contributed by atoms with E-state index in [1.807, 2.05) is 32.0 Å². The molecule has 1 heterocycles. The maximum absolute atomic E-state index is 13.0. The maximum atomic E-state index is 13.0. The van der Waals surface area contributed by atoms with Crippen molar-refractivity contribution in [2.75, 3.05) is 11.1 Å². The number of nitrogens with zero attached hydrogens (tertiary/aromatic N) is 3. The summed E-state index contributed by atoms with van der Waals surface area (Å²) in [7, 11) is 1.77. The number of carbonyl (C=O) groups is 2. The number of benzene rings is 2. The van der Waals surface area contributed by atoms with E-state index in [-0.39, 0.29) is 24.1 Å². The molecule has 3 rings (SSSR count). The van der Waals surface area contributed by atoms with Gasteiger partial charge < -0.3 is 15.2 Å². The first-order valence-electron chi connectivity index (χ1n) is 9.26.